The summed E-state index contributed by atoms with van der Waals surface area (Å²) in [7, 11) is -2.32. The predicted octanol–water partition coefficient (Wildman–Crippen LogP) is 2.58. The van der Waals surface area contributed by atoms with Gasteiger partial charge in [0.15, 0.2) is 0 Å². The minimum atomic E-state index is -2.32. The molecule has 90 valence electrons. The topological polar surface area (TPSA) is 29.1 Å². The zero-order valence-electron chi connectivity index (χ0n) is 10.5. The molecule has 0 saturated heterocycles. The zero-order chi connectivity index (χ0) is 12.4. The second kappa shape index (κ2) is 4.60. The second-order valence-corrected chi connectivity index (χ2v) is 7.06. The van der Waals surface area contributed by atoms with Gasteiger partial charge in [-0.3, -0.25) is 0 Å². The van der Waals surface area contributed by atoms with E-state index >= 15 is 0 Å². The van der Waals surface area contributed by atoms with Gasteiger partial charge >= 0.3 is 0 Å². The average molecular weight is 239 g/mol. The minimum Gasteiger partial charge on any atom is -0.248 e. The summed E-state index contributed by atoms with van der Waals surface area (Å²) < 4.78 is 15.0. The van der Waals surface area contributed by atoms with Crippen molar-refractivity contribution in [3.63, 3.8) is 0 Å². The maximum Gasteiger partial charge on any atom is 0.0533 e. The molecule has 0 amide bonds. The zero-order valence-corrected chi connectivity index (χ0v) is 11.4. The van der Waals surface area contributed by atoms with Crippen molar-refractivity contribution >= 4 is 15.6 Å². The van der Waals surface area contributed by atoms with Gasteiger partial charge < -0.3 is 0 Å². The van der Waals surface area contributed by atoms with Crippen LogP contribution in [0, 0.1) is 0 Å². The van der Waals surface area contributed by atoms with E-state index in [0.717, 1.165) is 4.90 Å². The highest BCUT2D eigenvalue weighted by molar-refractivity contribution is 7.98. The van der Waals surface area contributed by atoms with Crippen LogP contribution in [0.4, 0.5) is 0 Å². The Morgan fingerprint density at radius 2 is 1.75 bits per heavy atom. The number of benzene rings is 1. The molecule has 1 unspecified atom stereocenters. The minimum absolute atomic E-state index is 0.124. The Bertz CT molecular complexity index is 438. The van der Waals surface area contributed by atoms with Gasteiger partial charge in [0.1, 0.15) is 0 Å². The summed E-state index contributed by atoms with van der Waals surface area (Å²) in [4.78, 5) is 0.766. The third kappa shape index (κ3) is 3.09. The van der Waals surface area contributed by atoms with E-state index in [9.17, 15) is 4.21 Å². The standard InChI is InChI=1S/C13H21NOS/c1-6-14-16(5,15)12-9-7-11(8-10-12)13(2,3)4/h7-10H,5-6H2,1-4H3,(H,14,15). The van der Waals surface area contributed by atoms with Crippen molar-refractivity contribution in [2.24, 2.45) is 0 Å². The van der Waals surface area contributed by atoms with Crippen molar-refractivity contribution < 1.29 is 4.21 Å². The van der Waals surface area contributed by atoms with Gasteiger partial charge in [0.25, 0.3) is 0 Å². The average Bonchev–Trinajstić information content (AvgIpc) is 2.16. The van der Waals surface area contributed by atoms with E-state index in [-0.39, 0.29) is 5.41 Å². The van der Waals surface area contributed by atoms with Crippen molar-refractivity contribution in [3.8, 4) is 0 Å². The Hall–Kier alpha value is -0.800. The van der Waals surface area contributed by atoms with Crippen molar-refractivity contribution in [3.05, 3.63) is 29.8 Å². The van der Waals surface area contributed by atoms with E-state index in [2.05, 4.69) is 31.4 Å². The summed E-state index contributed by atoms with van der Waals surface area (Å²) in [6.45, 7) is 9.06. The van der Waals surface area contributed by atoms with Crippen LogP contribution in [0.15, 0.2) is 29.2 Å². The molecule has 3 heteroatoms. The molecule has 1 rings (SSSR count). The highest BCUT2D eigenvalue weighted by Crippen LogP contribution is 2.23. The smallest absolute Gasteiger partial charge is 0.0533 e. The lowest BCUT2D eigenvalue weighted by Gasteiger charge is -2.19. The van der Waals surface area contributed by atoms with Gasteiger partial charge in [0.2, 0.25) is 0 Å². The van der Waals surface area contributed by atoms with Crippen LogP contribution in [0.2, 0.25) is 0 Å². The number of hydrogen-bond acceptors (Lipinski definition) is 1. The lowest BCUT2D eigenvalue weighted by molar-refractivity contribution is 0.589. The van der Waals surface area contributed by atoms with E-state index in [1.807, 2.05) is 31.2 Å². The van der Waals surface area contributed by atoms with Crippen LogP contribution in [-0.4, -0.2) is 16.6 Å². The van der Waals surface area contributed by atoms with E-state index in [1.54, 1.807) is 0 Å². The molecule has 1 atom stereocenters. The largest absolute Gasteiger partial charge is 0.248 e. The van der Waals surface area contributed by atoms with Crippen LogP contribution < -0.4 is 4.72 Å². The third-order valence-electron chi connectivity index (χ3n) is 2.48. The second-order valence-electron chi connectivity index (χ2n) is 4.95. The lowest BCUT2D eigenvalue weighted by atomic mass is 9.87. The van der Waals surface area contributed by atoms with E-state index in [1.165, 1.54) is 5.56 Å². The molecule has 2 nitrogen and oxygen atoms in total. The maximum absolute atomic E-state index is 12.1. The molecule has 0 aliphatic rings. The van der Waals surface area contributed by atoms with Crippen LogP contribution in [-0.2, 0) is 15.1 Å². The molecule has 1 aromatic carbocycles. The molecular weight excluding hydrogens is 218 g/mol. The van der Waals surface area contributed by atoms with Crippen LogP contribution in [0.5, 0.6) is 0 Å². The van der Waals surface area contributed by atoms with Gasteiger partial charge in [-0.1, -0.05) is 39.8 Å². The molecule has 0 saturated carbocycles. The first-order chi connectivity index (χ1) is 7.27. The molecule has 1 N–H and O–H groups in total. The third-order valence-corrected chi connectivity index (χ3v) is 4.27. The van der Waals surface area contributed by atoms with E-state index < -0.39 is 9.71 Å². The summed E-state index contributed by atoms with van der Waals surface area (Å²) in [6, 6.07) is 7.85. The first kappa shape index (κ1) is 13.3. The van der Waals surface area contributed by atoms with Crippen LogP contribution in [0.3, 0.4) is 0 Å². The quantitative estimate of drug-likeness (QED) is 0.807. The Kier molecular flexibility index (Phi) is 3.81. The fourth-order valence-corrected chi connectivity index (χ4v) is 2.70. The van der Waals surface area contributed by atoms with E-state index in [0.29, 0.717) is 6.54 Å². The molecule has 0 heterocycles. The summed E-state index contributed by atoms with van der Waals surface area (Å²) >= 11 is 0. The van der Waals surface area contributed by atoms with E-state index in [4.69, 9.17) is 0 Å². The molecule has 1 aromatic rings. The Morgan fingerprint density at radius 3 is 2.12 bits per heavy atom. The normalized spacial score (nSPS) is 15.8. The number of hydrogen-bond donors (Lipinski definition) is 1. The summed E-state index contributed by atoms with van der Waals surface area (Å²) in [5.41, 5.74) is 1.36. The molecule has 0 spiro atoms. The van der Waals surface area contributed by atoms with Gasteiger partial charge in [-0.15, -0.1) is 0 Å². The Balaban J connectivity index is 3.05. The molecule has 0 aliphatic heterocycles. The van der Waals surface area contributed by atoms with Gasteiger partial charge in [-0.2, -0.15) is 0 Å². The molecule has 0 fully saturated rings. The number of nitrogens with one attached hydrogen (secondary N) is 1. The molecule has 0 bridgehead atoms. The first-order valence-electron chi connectivity index (χ1n) is 5.50. The molecule has 0 radical (unpaired) electrons. The van der Waals surface area contributed by atoms with Crippen molar-refractivity contribution in [2.45, 2.75) is 38.0 Å². The summed E-state index contributed by atoms with van der Waals surface area (Å²) in [5, 5.41) is 0. The summed E-state index contributed by atoms with van der Waals surface area (Å²) in [6.07, 6.45) is 0. The Morgan fingerprint density at radius 1 is 1.25 bits per heavy atom. The molecule has 0 aliphatic carbocycles. The highest BCUT2D eigenvalue weighted by Gasteiger charge is 2.14. The molecule has 0 aromatic heterocycles. The van der Waals surface area contributed by atoms with Gasteiger partial charge in [0.05, 0.1) is 9.71 Å². The van der Waals surface area contributed by atoms with Crippen LogP contribution >= 0.6 is 0 Å². The summed E-state index contributed by atoms with van der Waals surface area (Å²) in [5.74, 6) is 3.74. The molecular formula is C13H21NOS. The fourth-order valence-electron chi connectivity index (χ4n) is 1.49. The van der Waals surface area contributed by atoms with Crippen molar-refractivity contribution in [2.75, 3.05) is 6.54 Å². The van der Waals surface area contributed by atoms with Gasteiger partial charge in [-0.05, 0) is 29.0 Å². The van der Waals surface area contributed by atoms with Gasteiger partial charge in [-0.25, -0.2) is 8.93 Å². The lowest BCUT2D eigenvalue weighted by Crippen LogP contribution is -2.23. The monoisotopic (exact) mass is 239 g/mol. The first-order valence-corrected chi connectivity index (χ1v) is 7.22. The maximum atomic E-state index is 12.1. The number of rotatable bonds is 3. The highest BCUT2D eigenvalue weighted by atomic mass is 32.2. The predicted molar refractivity (Wildman–Crippen MR) is 72.3 cm³/mol. The van der Waals surface area contributed by atoms with Crippen molar-refractivity contribution in [1.82, 2.24) is 4.72 Å². The Labute approximate surface area is 99.2 Å². The SMILES string of the molecule is C=S(=O)(NCC)c1ccc(C(C)(C)C)cc1. The molecule has 16 heavy (non-hydrogen) atoms. The van der Waals surface area contributed by atoms with Gasteiger partial charge in [0, 0.05) is 11.4 Å². The van der Waals surface area contributed by atoms with Crippen LogP contribution in [0.25, 0.3) is 0 Å². The van der Waals surface area contributed by atoms with Crippen LogP contribution in [0.1, 0.15) is 33.3 Å². The van der Waals surface area contributed by atoms with Crippen molar-refractivity contribution in [1.29, 1.82) is 0 Å². The fraction of sp³-hybridized carbons (Fsp3) is 0.462.